The highest BCUT2D eigenvalue weighted by Crippen LogP contribution is 2.38. The molecule has 0 radical (unpaired) electrons. The van der Waals surface area contributed by atoms with Crippen molar-refractivity contribution in [2.24, 2.45) is 5.92 Å². The van der Waals surface area contributed by atoms with E-state index in [4.69, 9.17) is 39.5 Å². The molecule has 2 unspecified atom stereocenters. The summed E-state index contributed by atoms with van der Waals surface area (Å²) in [5, 5.41) is 3.31. The van der Waals surface area contributed by atoms with Crippen molar-refractivity contribution >= 4 is 50.7 Å². The van der Waals surface area contributed by atoms with E-state index in [0.717, 1.165) is 25.7 Å². The zero-order valence-electron chi connectivity index (χ0n) is 21.6. The van der Waals surface area contributed by atoms with E-state index in [1.807, 2.05) is 6.07 Å². The Bertz CT molecular complexity index is 1200. The number of nitrogens with one attached hydrogen (secondary N) is 1. The summed E-state index contributed by atoms with van der Waals surface area (Å²) in [6, 6.07) is 13.8. The van der Waals surface area contributed by atoms with E-state index in [1.165, 1.54) is 22.0 Å². The number of rotatable bonds is 9. The van der Waals surface area contributed by atoms with Gasteiger partial charge in [-0.15, -0.1) is 0 Å². The van der Waals surface area contributed by atoms with Crippen molar-refractivity contribution in [2.75, 3.05) is 33.8 Å². The summed E-state index contributed by atoms with van der Waals surface area (Å²) in [7, 11) is 0.321. The summed E-state index contributed by atoms with van der Waals surface area (Å²) < 4.78 is 33.3. The van der Waals surface area contributed by atoms with Crippen molar-refractivity contribution in [1.82, 2.24) is 14.5 Å². The normalized spacial score (nSPS) is 23.5. The Hall–Kier alpha value is -1.39. The number of benzene rings is 2. The van der Waals surface area contributed by atoms with E-state index in [1.54, 1.807) is 0 Å². The van der Waals surface area contributed by atoms with E-state index in [-0.39, 0.29) is 57.7 Å². The molecule has 1 aliphatic carbocycles. The van der Waals surface area contributed by atoms with Gasteiger partial charge in [-0.05, 0) is 69.8 Å². The molecular weight excluding hydrogens is 569 g/mol. The fourth-order valence-corrected chi connectivity index (χ4v) is 8.62. The molecule has 1 saturated carbocycles. The van der Waals surface area contributed by atoms with Crippen molar-refractivity contribution in [3.63, 3.8) is 0 Å². The number of halogens is 3. The Labute approximate surface area is 240 Å². The van der Waals surface area contributed by atoms with Gasteiger partial charge in [0.15, 0.2) is 0 Å². The molecule has 1 amide bonds. The number of hydrogen-bond donors (Lipinski definition) is 1. The maximum Gasteiger partial charge on any atom is 0.246 e. The SMILES string of the molecule is CN(C)C(c1ccccc1)C1CCC(NC(=O)COC2CCN(S(=O)(=O)c3c(Cl)cc(Cl)cc3Cl)C2)CC1. The molecule has 38 heavy (non-hydrogen) atoms. The lowest BCUT2D eigenvalue weighted by molar-refractivity contribution is -0.128. The molecule has 0 spiro atoms. The van der Waals surface area contributed by atoms with Crippen molar-refractivity contribution in [3.05, 3.63) is 63.1 Å². The molecule has 1 saturated heterocycles. The standard InChI is InChI=1S/C27H34Cl3N3O4S/c1-32(2)26(18-6-4-3-5-7-18)19-8-10-21(11-9-19)31-25(34)17-37-22-12-13-33(16-22)38(35,36)27-23(29)14-20(28)15-24(27)30/h3-7,14-15,19,21-22,26H,8-13,16-17H2,1-2H3,(H,31,34). The Balaban J connectivity index is 1.24. The zero-order valence-corrected chi connectivity index (χ0v) is 24.7. The minimum atomic E-state index is -3.92. The molecule has 11 heteroatoms. The molecule has 1 heterocycles. The topological polar surface area (TPSA) is 79.0 Å². The van der Waals surface area contributed by atoms with Crippen molar-refractivity contribution in [1.29, 1.82) is 0 Å². The predicted octanol–water partition coefficient (Wildman–Crippen LogP) is 5.40. The van der Waals surface area contributed by atoms with Gasteiger partial charge < -0.3 is 15.0 Å². The van der Waals surface area contributed by atoms with Crippen LogP contribution < -0.4 is 5.32 Å². The molecule has 2 atom stereocenters. The third kappa shape index (κ3) is 7.02. The highest BCUT2D eigenvalue weighted by atomic mass is 35.5. The average molecular weight is 603 g/mol. The number of sulfonamides is 1. The lowest BCUT2D eigenvalue weighted by Crippen LogP contribution is -2.42. The van der Waals surface area contributed by atoms with Crippen LogP contribution in [0.25, 0.3) is 0 Å². The van der Waals surface area contributed by atoms with Gasteiger partial charge in [0.25, 0.3) is 0 Å². The van der Waals surface area contributed by atoms with Crippen LogP contribution in [0.15, 0.2) is 47.4 Å². The van der Waals surface area contributed by atoms with Crippen molar-refractivity contribution in [2.45, 2.75) is 55.2 Å². The largest absolute Gasteiger partial charge is 0.367 e. The van der Waals surface area contributed by atoms with Gasteiger partial charge in [-0.3, -0.25) is 4.79 Å². The van der Waals surface area contributed by atoms with Crippen LogP contribution >= 0.6 is 34.8 Å². The molecule has 1 N–H and O–H groups in total. The van der Waals surface area contributed by atoms with Gasteiger partial charge in [0.05, 0.1) is 16.1 Å². The molecule has 7 nitrogen and oxygen atoms in total. The van der Waals surface area contributed by atoms with Crippen LogP contribution in [0.3, 0.4) is 0 Å². The van der Waals surface area contributed by atoms with Gasteiger partial charge in [-0.2, -0.15) is 4.31 Å². The zero-order chi connectivity index (χ0) is 27.4. The van der Waals surface area contributed by atoms with E-state index in [0.29, 0.717) is 18.4 Å². The minimum Gasteiger partial charge on any atom is -0.367 e. The third-order valence-corrected chi connectivity index (χ3v) is 10.4. The van der Waals surface area contributed by atoms with Crippen LogP contribution in [0, 0.1) is 5.92 Å². The summed E-state index contributed by atoms with van der Waals surface area (Å²) in [4.78, 5) is 14.7. The van der Waals surface area contributed by atoms with Crippen LogP contribution in [0.4, 0.5) is 0 Å². The summed E-state index contributed by atoms with van der Waals surface area (Å²) in [6.45, 7) is 0.273. The van der Waals surface area contributed by atoms with Gasteiger partial charge in [0.2, 0.25) is 15.9 Å². The molecule has 4 rings (SSSR count). The first-order valence-corrected chi connectivity index (χ1v) is 15.4. The highest BCUT2D eigenvalue weighted by molar-refractivity contribution is 7.89. The molecule has 2 aliphatic rings. The van der Waals surface area contributed by atoms with Gasteiger partial charge in [-0.25, -0.2) is 8.42 Å². The van der Waals surface area contributed by atoms with Gasteiger partial charge in [-0.1, -0.05) is 65.1 Å². The first-order valence-electron chi connectivity index (χ1n) is 12.8. The Morgan fingerprint density at radius 3 is 2.29 bits per heavy atom. The molecule has 2 aromatic carbocycles. The van der Waals surface area contributed by atoms with Crippen LogP contribution in [0.1, 0.15) is 43.7 Å². The second kappa shape index (κ2) is 12.9. The molecule has 208 valence electrons. The smallest absolute Gasteiger partial charge is 0.246 e. The maximum atomic E-state index is 13.1. The number of amides is 1. The summed E-state index contributed by atoms with van der Waals surface area (Å²) in [5.41, 5.74) is 1.33. The minimum absolute atomic E-state index is 0.0263. The maximum absolute atomic E-state index is 13.1. The lowest BCUT2D eigenvalue weighted by Gasteiger charge is -2.37. The first kappa shape index (κ1) is 29.6. The average Bonchev–Trinajstić information content (AvgIpc) is 3.34. The van der Waals surface area contributed by atoms with Gasteiger partial charge >= 0.3 is 0 Å². The fourth-order valence-electron chi connectivity index (χ4n) is 5.64. The number of carbonyl (C=O) groups excluding carboxylic acids is 1. The summed E-state index contributed by atoms with van der Waals surface area (Å²) in [6.07, 6.45) is 4.01. The molecule has 0 aromatic heterocycles. The Kier molecular flexibility index (Phi) is 10.0. The Morgan fingerprint density at radius 2 is 1.68 bits per heavy atom. The molecule has 0 bridgehead atoms. The van der Waals surface area contributed by atoms with Crippen LogP contribution in [0.2, 0.25) is 15.1 Å². The van der Waals surface area contributed by atoms with Crippen LogP contribution in [-0.4, -0.2) is 69.5 Å². The molecule has 2 aromatic rings. The molecular formula is C27H34Cl3N3O4S. The second-order valence-corrected chi connectivity index (χ2v) is 13.4. The van der Waals surface area contributed by atoms with Gasteiger partial charge in [0.1, 0.15) is 11.5 Å². The van der Waals surface area contributed by atoms with E-state index in [9.17, 15) is 13.2 Å². The monoisotopic (exact) mass is 601 g/mol. The first-order chi connectivity index (χ1) is 18.1. The molecule has 1 aliphatic heterocycles. The van der Waals surface area contributed by atoms with E-state index >= 15 is 0 Å². The lowest BCUT2D eigenvalue weighted by atomic mass is 9.78. The van der Waals surface area contributed by atoms with Crippen molar-refractivity contribution < 1.29 is 17.9 Å². The quantitative estimate of drug-likeness (QED) is 0.416. The van der Waals surface area contributed by atoms with E-state index in [2.05, 4.69) is 48.6 Å². The number of ether oxygens (including phenoxy) is 1. The molecule has 2 fully saturated rings. The fraction of sp³-hybridized carbons (Fsp3) is 0.519. The van der Waals surface area contributed by atoms with Crippen LogP contribution in [0.5, 0.6) is 0 Å². The highest BCUT2D eigenvalue weighted by Gasteiger charge is 2.36. The third-order valence-electron chi connectivity index (χ3n) is 7.40. The van der Waals surface area contributed by atoms with Crippen LogP contribution in [-0.2, 0) is 19.6 Å². The second-order valence-electron chi connectivity index (χ2n) is 10.3. The van der Waals surface area contributed by atoms with Gasteiger partial charge in [0, 0.05) is 30.2 Å². The summed E-state index contributed by atoms with van der Waals surface area (Å²) >= 11 is 18.2. The number of hydrogen-bond acceptors (Lipinski definition) is 5. The Morgan fingerprint density at radius 1 is 1.05 bits per heavy atom. The van der Waals surface area contributed by atoms with E-state index < -0.39 is 10.0 Å². The number of nitrogens with zero attached hydrogens (tertiary/aromatic N) is 2. The number of carbonyl (C=O) groups is 1. The van der Waals surface area contributed by atoms with Crippen molar-refractivity contribution in [3.8, 4) is 0 Å². The predicted molar refractivity (Wildman–Crippen MR) is 151 cm³/mol. The summed E-state index contributed by atoms with van der Waals surface area (Å²) in [5.74, 6) is 0.358.